The van der Waals surface area contributed by atoms with E-state index >= 15 is 0 Å². The van der Waals surface area contributed by atoms with Crippen molar-refractivity contribution in [3.8, 4) is 11.5 Å². The summed E-state index contributed by atoms with van der Waals surface area (Å²) in [5, 5.41) is 11.8. The molecule has 0 bridgehead atoms. The van der Waals surface area contributed by atoms with Crippen molar-refractivity contribution in [3.05, 3.63) is 23.8 Å². The Morgan fingerprint density at radius 2 is 2.04 bits per heavy atom. The second-order valence-corrected chi connectivity index (χ2v) is 5.66. The molecule has 0 heterocycles. The summed E-state index contributed by atoms with van der Waals surface area (Å²) in [5.74, 6) is 0.0154. The summed E-state index contributed by atoms with van der Waals surface area (Å²) in [6.07, 6.45) is 2.37. The lowest BCUT2D eigenvalue weighted by atomic mass is 10.1. The highest BCUT2D eigenvalue weighted by molar-refractivity contribution is 6.04. The highest BCUT2D eigenvalue weighted by Crippen LogP contribution is 2.46. The highest BCUT2D eigenvalue weighted by Gasteiger charge is 2.56. The monoisotopic (exact) mass is 321 g/mol. The van der Waals surface area contributed by atoms with Crippen LogP contribution in [0.4, 0.5) is 0 Å². The maximum absolute atomic E-state index is 11.9. The van der Waals surface area contributed by atoms with E-state index < -0.39 is 11.4 Å². The van der Waals surface area contributed by atoms with E-state index in [0.29, 0.717) is 37.5 Å². The maximum Gasteiger partial charge on any atom is 0.319 e. The third-order valence-electron chi connectivity index (χ3n) is 4.05. The van der Waals surface area contributed by atoms with E-state index in [2.05, 4.69) is 5.32 Å². The maximum atomic E-state index is 11.9. The zero-order valence-corrected chi connectivity index (χ0v) is 13.6. The average Bonchev–Trinajstić information content (AvgIpc) is 3.34. The normalized spacial score (nSPS) is 14.9. The zero-order valence-electron chi connectivity index (χ0n) is 13.6. The van der Waals surface area contributed by atoms with Gasteiger partial charge in [-0.25, -0.2) is 0 Å². The second-order valence-electron chi connectivity index (χ2n) is 5.66. The van der Waals surface area contributed by atoms with Crippen LogP contribution >= 0.6 is 0 Å². The Bertz CT molecular complexity index is 580. The molecule has 2 N–H and O–H groups in total. The van der Waals surface area contributed by atoms with Gasteiger partial charge in [-0.15, -0.1) is 0 Å². The van der Waals surface area contributed by atoms with Gasteiger partial charge in [-0.2, -0.15) is 0 Å². The van der Waals surface area contributed by atoms with Gasteiger partial charge in [0.1, 0.15) is 5.41 Å². The largest absolute Gasteiger partial charge is 0.493 e. The molecule has 0 radical (unpaired) electrons. The molecule has 1 aliphatic rings. The van der Waals surface area contributed by atoms with Crippen molar-refractivity contribution < 1.29 is 24.2 Å². The molecule has 1 fully saturated rings. The van der Waals surface area contributed by atoms with Gasteiger partial charge in [0.25, 0.3) is 0 Å². The standard InChI is InChI=1S/C17H23NO5/c1-3-23-14-11-12(6-7-13(14)22-2)5-4-10-18-15(19)17(8-9-17)16(20)21/h6-7,11H,3-5,8-10H2,1-2H3,(H,18,19)(H,20,21). The van der Waals surface area contributed by atoms with E-state index in [1.165, 1.54) is 0 Å². The SMILES string of the molecule is CCOc1cc(CCCNC(=O)C2(C(=O)O)CC2)ccc1OC. The Kier molecular flexibility index (Phi) is 5.47. The van der Waals surface area contributed by atoms with Gasteiger partial charge in [0.15, 0.2) is 11.5 Å². The molecular weight excluding hydrogens is 298 g/mol. The molecule has 6 nitrogen and oxygen atoms in total. The molecule has 0 unspecified atom stereocenters. The van der Waals surface area contributed by atoms with E-state index in [1.54, 1.807) is 7.11 Å². The number of carboxylic acids is 1. The minimum Gasteiger partial charge on any atom is -0.493 e. The Balaban J connectivity index is 1.81. The van der Waals surface area contributed by atoms with Gasteiger partial charge in [0.05, 0.1) is 13.7 Å². The number of carbonyl (C=O) groups excluding carboxylic acids is 1. The minimum absolute atomic E-state index is 0.366. The first-order chi connectivity index (χ1) is 11.0. The van der Waals surface area contributed by atoms with Crippen molar-refractivity contribution in [1.82, 2.24) is 5.32 Å². The van der Waals surface area contributed by atoms with Crippen LogP contribution in [0.3, 0.4) is 0 Å². The summed E-state index contributed by atoms with van der Waals surface area (Å²) in [5.41, 5.74) is -0.0784. The van der Waals surface area contributed by atoms with Crippen LogP contribution in [0.1, 0.15) is 31.7 Å². The molecule has 0 atom stereocenters. The number of methoxy groups -OCH3 is 1. The van der Waals surface area contributed by atoms with Gasteiger partial charge in [0, 0.05) is 6.54 Å². The fraction of sp³-hybridized carbons (Fsp3) is 0.529. The van der Waals surface area contributed by atoms with E-state index in [-0.39, 0.29) is 5.91 Å². The molecule has 1 saturated carbocycles. The van der Waals surface area contributed by atoms with Gasteiger partial charge in [-0.3, -0.25) is 9.59 Å². The fourth-order valence-electron chi connectivity index (χ4n) is 2.47. The number of aryl methyl sites for hydroxylation is 1. The van der Waals surface area contributed by atoms with Crippen LogP contribution in [-0.4, -0.2) is 37.2 Å². The number of carboxylic acid groups (broad SMARTS) is 1. The number of rotatable bonds is 9. The third-order valence-corrected chi connectivity index (χ3v) is 4.05. The van der Waals surface area contributed by atoms with Crippen molar-refractivity contribution in [2.45, 2.75) is 32.6 Å². The molecule has 6 heteroatoms. The van der Waals surface area contributed by atoms with Crippen molar-refractivity contribution in [1.29, 1.82) is 0 Å². The molecule has 0 aromatic heterocycles. The summed E-state index contributed by atoms with van der Waals surface area (Å²) in [6, 6.07) is 5.76. The average molecular weight is 321 g/mol. The molecule has 23 heavy (non-hydrogen) atoms. The van der Waals surface area contributed by atoms with Crippen molar-refractivity contribution in [2.75, 3.05) is 20.3 Å². The molecule has 1 aromatic carbocycles. The summed E-state index contributed by atoms with van der Waals surface area (Å²) in [6.45, 7) is 2.94. The van der Waals surface area contributed by atoms with E-state index in [9.17, 15) is 9.59 Å². The zero-order chi connectivity index (χ0) is 16.9. The van der Waals surface area contributed by atoms with E-state index in [4.69, 9.17) is 14.6 Å². The summed E-state index contributed by atoms with van der Waals surface area (Å²) < 4.78 is 10.8. The van der Waals surface area contributed by atoms with Crippen LogP contribution in [0.5, 0.6) is 11.5 Å². The number of amides is 1. The molecule has 1 aromatic rings. The van der Waals surface area contributed by atoms with Crippen LogP contribution in [0.2, 0.25) is 0 Å². The molecule has 0 spiro atoms. The lowest BCUT2D eigenvalue weighted by molar-refractivity contribution is -0.149. The van der Waals surface area contributed by atoms with Crippen LogP contribution < -0.4 is 14.8 Å². The fourth-order valence-corrected chi connectivity index (χ4v) is 2.47. The second kappa shape index (κ2) is 7.35. The minimum atomic E-state index is -1.16. The Hall–Kier alpha value is -2.24. The topological polar surface area (TPSA) is 84.9 Å². The summed E-state index contributed by atoms with van der Waals surface area (Å²) in [7, 11) is 1.60. The number of benzene rings is 1. The first-order valence-electron chi connectivity index (χ1n) is 7.85. The Labute approximate surface area is 135 Å². The van der Waals surface area contributed by atoms with Crippen LogP contribution in [-0.2, 0) is 16.0 Å². The predicted molar refractivity (Wildman–Crippen MR) is 84.8 cm³/mol. The lowest BCUT2D eigenvalue weighted by Gasteiger charge is -2.12. The number of hydrogen-bond acceptors (Lipinski definition) is 4. The van der Waals surface area contributed by atoms with Crippen LogP contribution in [0, 0.1) is 5.41 Å². The summed E-state index contributed by atoms with van der Waals surface area (Å²) >= 11 is 0. The van der Waals surface area contributed by atoms with E-state index in [0.717, 1.165) is 18.4 Å². The molecule has 0 saturated heterocycles. The molecule has 1 aliphatic carbocycles. The van der Waals surface area contributed by atoms with Crippen LogP contribution in [0.15, 0.2) is 18.2 Å². The lowest BCUT2D eigenvalue weighted by Crippen LogP contribution is -2.37. The van der Waals surface area contributed by atoms with Crippen LogP contribution in [0.25, 0.3) is 0 Å². The third kappa shape index (κ3) is 3.94. The molecule has 126 valence electrons. The number of carbonyl (C=O) groups is 2. The van der Waals surface area contributed by atoms with Gasteiger partial charge < -0.3 is 19.9 Å². The number of nitrogens with one attached hydrogen (secondary N) is 1. The van der Waals surface area contributed by atoms with Gasteiger partial charge in [0.2, 0.25) is 5.91 Å². The molecular formula is C17H23NO5. The molecule has 0 aliphatic heterocycles. The molecule has 2 rings (SSSR count). The first-order valence-corrected chi connectivity index (χ1v) is 7.85. The van der Waals surface area contributed by atoms with Gasteiger partial charge in [-0.05, 0) is 50.3 Å². The number of hydrogen-bond donors (Lipinski definition) is 2. The first kappa shape index (κ1) is 17.1. The smallest absolute Gasteiger partial charge is 0.319 e. The highest BCUT2D eigenvalue weighted by atomic mass is 16.5. The van der Waals surface area contributed by atoms with E-state index in [1.807, 2.05) is 25.1 Å². The van der Waals surface area contributed by atoms with Gasteiger partial charge in [-0.1, -0.05) is 6.07 Å². The molecule has 1 amide bonds. The summed E-state index contributed by atoms with van der Waals surface area (Å²) in [4.78, 5) is 22.9. The number of ether oxygens (including phenoxy) is 2. The Morgan fingerprint density at radius 3 is 2.61 bits per heavy atom. The van der Waals surface area contributed by atoms with Crippen molar-refractivity contribution >= 4 is 11.9 Å². The van der Waals surface area contributed by atoms with Gasteiger partial charge >= 0.3 is 5.97 Å². The quantitative estimate of drug-likeness (QED) is 0.537. The van der Waals surface area contributed by atoms with Crippen molar-refractivity contribution in [3.63, 3.8) is 0 Å². The number of aliphatic carboxylic acids is 1. The van der Waals surface area contributed by atoms with Crippen molar-refractivity contribution in [2.24, 2.45) is 5.41 Å². The Morgan fingerprint density at radius 1 is 1.30 bits per heavy atom. The predicted octanol–water partition coefficient (Wildman–Crippen LogP) is 2.01.